The van der Waals surface area contributed by atoms with Gasteiger partial charge >= 0.3 is 0 Å². The molecule has 0 unspecified atom stereocenters. The molecule has 0 fully saturated rings. The van der Waals surface area contributed by atoms with E-state index in [0.29, 0.717) is 0 Å². The van der Waals surface area contributed by atoms with E-state index in [1.165, 1.54) is 0 Å². The first-order valence-corrected chi connectivity index (χ1v) is 6.07. The number of alkyl halides is 2. The third-order valence-corrected chi connectivity index (χ3v) is 3.17. The second kappa shape index (κ2) is 4.07. The summed E-state index contributed by atoms with van der Waals surface area (Å²) in [6.07, 6.45) is -2.43. The number of nitrogens with one attached hydrogen (secondary N) is 1. The van der Waals surface area contributed by atoms with Crippen LogP contribution in [-0.4, -0.2) is 13.4 Å². The van der Waals surface area contributed by atoms with E-state index >= 15 is 0 Å². The highest BCUT2D eigenvalue weighted by Gasteiger charge is 2.28. The molecule has 0 atom stereocenters. The van der Waals surface area contributed by atoms with E-state index in [-0.39, 0.29) is 0 Å². The van der Waals surface area contributed by atoms with Crippen LogP contribution in [0.4, 0.5) is 8.78 Å². The topological polar surface area (TPSA) is 67.0 Å². The van der Waals surface area contributed by atoms with E-state index < -0.39 is 36.5 Å². The van der Waals surface area contributed by atoms with Crippen molar-refractivity contribution in [2.24, 2.45) is 0 Å². The molecule has 1 rings (SSSR count). The summed E-state index contributed by atoms with van der Waals surface area (Å²) in [4.78, 5) is 11.7. The van der Waals surface area contributed by atoms with Crippen LogP contribution in [0.2, 0.25) is 5.02 Å². The Kier molecular flexibility index (Phi) is 3.37. The molecule has 0 aliphatic carbocycles. The molecule has 0 saturated heterocycles. The molecule has 1 aromatic rings. The van der Waals surface area contributed by atoms with E-state index in [2.05, 4.69) is 0 Å². The van der Waals surface area contributed by atoms with Gasteiger partial charge in [-0.1, -0.05) is 11.6 Å². The maximum atomic E-state index is 12.4. The number of pyridine rings is 1. The van der Waals surface area contributed by atoms with Gasteiger partial charge in [0.1, 0.15) is 0 Å². The number of halogens is 4. The zero-order valence-electron chi connectivity index (χ0n) is 6.80. The van der Waals surface area contributed by atoms with Crippen molar-refractivity contribution >= 4 is 31.3 Å². The summed E-state index contributed by atoms with van der Waals surface area (Å²) in [5.41, 5.74) is -2.32. The summed E-state index contributed by atoms with van der Waals surface area (Å²) in [5, 5.41) is -0.566. The monoisotopic (exact) mass is 277 g/mol. The number of rotatable bonds is 2. The molecule has 0 aliphatic rings. The normalized spacial score (nSPS) is 12.1. The number of aromatic nitrogens is 1. The highest BCUT2D eigenvalue weighted by Crippen LogP contribution is 2.31. The maximum Gasteiger partial charge on any atom is 0.268 e. The van der Waals surface area contributed by atoms with Crippen LogP contribution in [-0.2, 0) is 9.05 Å². The fourth-order valence-electron chi connectivity index (χ4n) is 0.948. The van der Waals surface area contributed by atoms with E-state index in [1.54, 1.807) is 0 Å². The number of hydrogen-bond acceptors (Lipinski definition) is 3. The molecule has 0 saturated carbocycles. The summed E-state index contributed by atoms with van der Waals surface area (Å²) in [5.74, 6) is 0. The van der Waals surface area contributed by atoms with Crippen molar-refractivity contribution in [2.75, 3.05) is 0 Å². The molecule has 1 heterocycles. The largest absolute Gasteiger partial charge is 0.326 e. The fraction of sp³-hybridized carbons (Fsp3) is 0.167. The van der Waals surface area contributed by atoms with Crippen LogP contribution in [0.3, 0.4) is 0 Å². The molecule has 0 aromatic carbocycles. The first-order chi connectivity index (χ1) is 6.75. The molecule has 15 heavy (non-hydrogen) atoms. The van der Waals surface area contributed by atoms with Crippen LogP contribution in [0.1, 0.15) is 12.0 Å². The highest BCUT2D eigenvalue weighted by atomic mass is 35.7. The minimum atomic E-state index is -4.57. The number of H-pyrrole nitrogens is 1. The number of hydrogen-bond donors (Lipinski definition) is 1. The molecule has 0 amide bonds. The van der Waals surface area contributed by atoms with Crippen molar-refractivity contribution in [1.29, 1.82) is 0 Å². The Labute approximate surface area is 92.2 Å². The van der Waals surface area contributed by atoms with Crippen LogP contribution in [0, 0.1) is 0 Å². The Bertz CT molecular complexity index is 540. The summed E-state index contributed by atoms with van der Waals surface area (Å²) in [6.45, 7) is 0. The molecule has 84 valence electrons. The Balaban J connectivity index is 3.77. The Morgan fingerprint density at radius 1 is 1.40 bits per heavy atom. The lowest BCUT2D eigenvalue weighted by atomic mass is 10.3. The van der Waals surface area contributed by atoms with Gasteiger partial charge < -0.3 is 4.98 Å². The van der Waals surface area contributed by atoms with Gasteiger partial charge in [-0.15, -0.1) is 0 Å². The van der Waals surface area contributed by atoms with Crippen molar-refractivity contribution in [1.82, 2.24) is 4.98 Å². The smallest absolute Gasteiger partial charge is 0.268 e. The molecule has 9 heteroatoms. The summed E-state index contributed by atoms with van der Waals surface area (Å²) in [6, 6.07) is 0. The van der Waals surface area contributed by atoms with E-state index in [4.69, 9.17) is 22.3 Å². The Morgan fingerprint density at radius 2 is 1.93 bits per heavy atom. The van der Waals surface area contributed by atoms with Gasteiger partial charge in [-0.25, -0.2) is 17.2 Å². The Morgan fingerprint density at radius 3 is 2.27 bits per heavy atom. The second-order valence-corrected chi connectivity index (χ2v) is 5.36. The lowest BCUT2D eigenvalue weighted by Gasteiger charge is -2.06. The van der Waals surface area contributed by atoms with Crippen molar-refractivity contribution < 1.29 is 17.2 Å². The predicted octanol–water partition coefficient (Wildman–Crippen LogP) is 1.89. The van der Waals surface area contributed by atoms with Crippen molar-refractivity contribution in [3.8, 4) is 0 Å². The zero-order chi connectivity index (χ0) is 11.8. The van der Waals surface area contributed by atoms with Gasteiger partial charge in [-0.3, -0.25) is 4.79 Å². The molecule has 1 aromatic heterocycles. The standard InChI is InChI=1S/C6H3Cl2F2NO3S/c7-2-1-11-6(12)4(15(8,13)14)3(2)5(9)10/h1,5H,(H,11,12). The minimum absolute atomic E-state index is 0.566. The van der Waals surface area contributed by atoms with Crippen LogP contribution < -0.4 is 5.56 Å². The van der Waals surface area contributed by atoms with Crippen LogP contribution in [0.15, 0.2) is 15.9 Å². The van der Waals surface area contributed by atoms with E-state index in [9.17, 15) is 22.0 Å². The SMILES string of the molecule is O=c1[nH]cc(Cl)c(C(F)F)c1S(=O)(=O)Cl. The summed E-state index contributed by atoms with van der Waals surface area (Å²) >= 11 is 5.33. The van der Waals surface area contributed by atoms with Crippen LogP contribution in [0.5, 0.6) is 0 Å². The number of aromatic amines is 1. The molecule has 0 aliphatic heterocycles. The molecule has 0 radical (unpaired) electrons. The molecule has 0 spiro atoms. The maximum absolute atomic E-state index is 12.4. The minimum Gasteiger partial charge on any atom is -0.326 e. The van der Waals surface area contributed by atoms with E-state index in [1.807, 2.05) is 4.98 Å². The first kappa shape index (κ1) is 12.4. The molecular weight excluding hydrogens is 275 g/mol. The van der Waals surface area contributed by atoms with Crippen molar-refractivity contribution in [3.05, 3.63) is 27.1 Å². The van der Waals surface area contributed by atoms with Crippen LogP contribution in [0.25, 0.3) is 0 Å². The average Bonchev–Trinajstić information content (AvgIpc) is 2.05. The molecule has 1 N–H and O–H groups in total. The van der Waals surface area contributed by atoms with Crippen molar-refractivity contribution in [2.45, 2.75) is 11.3 Å². The van der Waals surface area contributed by atoms with Gasteiger partial charge in [-0.05, 0) is 0 Å². The summed E-state index contributed by atoms with van der Waals surface area (Å²) < 4.78 is 46.6. The predicted molar refractivity (Wildman–Crippen MR) is 50.1 cm³/mol. The highest BCUT2D eigenvalue weighted by molar-refractivity contribution is 8.13. The van der Waals surface area contributed by atoms with Crippen molar-refractivity contribution in [3.63, 3.8) is 0 Å². The molecule has 4 nitrogen and oxygen atoms in total. The van der Waals surface area contributed by atoms with Gasteiger partial charge in [0.25, 0.3) is 21.0 Å². The third kappa shape index (κ3) is 2.47. The summed E-state index contributed by atoms with van der Waals surface area (Å²) in [7, 11) is 0.278. The van der Waals surface area contributed by atoms with Gasteiger partial charge in [0.15, 0.2) is 4.90 Å². The van der Waals surface area contributed by atoms with E-state index in [0.717, 1.165) is 6.20 Å². The molecular formula is C6H3Cl2F2NO3S. The average molecular weight is 278 g/mol. The van der Waals surface area contributed by atoms with Gasteiger partial charge in [0.2, 0.25) is 0 Å². The second-order valence-electron chi connectivity index (χ2n) is 2.45. The first-order valence-electron chi connectivity index (χ1n) is 3.39. The molecule has 0 bridgehead atoms. The quantitative estimate of drug-likeness (QED) is 0.840. The lowest BCUT2D eigenvalue weighted by Crippen LogP contribution is -2.17. The zero-order valence-corrected chi connectivity index (χ0v) is 9.13. The van der Waals surface area contributed by atoms with Crippen LogP contribution >= 0.6 is 22.3 Å². The van der Waals surface area contributed by atoms with Gasteiger partial charge in [0.05, 0.1) is 10.6 Å². The lowest BCUT2D eigenvalue weighted by molar-refractivity contribution is 0.147. The fourth-order valence-corrected chi connectivity index (χ4v) is 2.44. The Hall–Kier alpha value is -0.660. The third-order valence-electron chi connectivity index (χ3n) is 1.50. The van der Waals surface area contributed by atoms with Gasteiger partial charge in [-0.2, -0.15) is 0 Å². The van der Waals surface area contributed by atoms with Gasteiger partial charge in [0, 0.05) is 16.9 Å².